The zero-order valence-electron chi connectivity index (χ0n) is 14.4. The van der Waals surface area contributed by atoms with Gasteiger partial charge in [0.1, 0.15) is 0 Å². The molecule has 1 atom stereocenters. The average molecular weight is 388 g/mol. The maximum Gasteiger partial charge on any atom is 0.418 e. The van der Waals surface area contributed by atoms with Gasteiger partial charge in [-0.1, -0.05) is 12.1 Å². The van der Waals surface area contributed by atoms with Crippen molar-refractivity contribution >= 4 is 34.0 Å². The molecule has 2 amide bonds. The molecule has 1 unspecified atom stereocenters. The summed E-state index contributed by atoms with van der Waals surface area (Å²) in [6.07, 6.45) is -3.02. The van der Waals surface area contributed by atoms with Crippen LogP contribution >= 0.6 is 0 Å². The number of rotatable bonds is 3. The highest BCUT2D eigenvalue weighted by Gasteiger charge is 2.71. The quantitative estimate of drug-likeness (QED) is 0.755. The molecule has 0 radical (unpaired) electrons. The van der Waals surface area contributed by atoms with Crippen LogP contribution in [0, 0.1) is 5.92 Å². The molecule has 28 heavy (non-hydrogen) atoms. The summed E-state index contributed by atoms with van der Waals surface area (Å²) in [5.41, 5.74) is 6.10. The Morgan fingerprint density at radius 1 is 1.21 bits per heavy atom. The van der Waals surface area contributed by atoms with Crippen molar-refractivity contribution in [2.75, 3.05) is 10.3 Å². The first-order chi connectivity index (χ1) is 13.3. The molecule has 1 fully saturated rings. The van der Waals surface area contributed by atoms with Crippen LogP contribution in [0.5, 0.6) is 0 Å². The lowest BCUT2D eigenvalue weighted by Gasteiger charge is -2.42. The van der Waals surface area contributed by atoms with Gasteiger partial charge in [0.15, 0.2) is 5.54 Å². The molecule has 0 spiro atoms. The number of alkyl halides is 3. The highest BCUT2D eigenvalue weighted by Crippen LogP contribution is 2.58. The number of primary amides is 1. The van der Waals surface area contributed by atoms with E-state index in [1.54, 1.807) is 24.3 Å². The third kappa shape index (κ3) is 1.93. The van der Waals surface area contributed by atoms with E-state index in [4.69, 9.17) is 5.73 Å². The molecule has 0 bridgehead atoms. The SMILES string of the molecule is NC(=O)C1=CNN(c2ccc3c4c(cccc24)C(=O)N3)C1(C1CC1)C(F)(F)F. The van der Waals surface area contributed by atoms with E-state index in [1.165, 1.54) is 6.07 Å². The van der Waals surface area contributed by atoms with E-state index in [9.17, 15) is 22.8 Å². The number of carbonyl (C=O) groups is 2. The number of hydrazine groups is 1. The van der Waals surface area contributed by atoms with E-state index < -0.39 is 29.1 Å². The van der Waals surface area contributed by atoms with E-state index in [0.717, 1.165) is 11.2 Å². The molecule has 144 valence electrons. The molecule has 1 aliphatic carbocycles. The Morgan fingerprint density at radius 2 is 1.96 bits per heavy atom. The van der Waals surface area contributed by atoms with E-state index in [-0.39, 0.29) is 11.6 Å². The number of nitrogens with two attached hydrogens (primary N) is 1. The molecule has 1 saturated carbocycles. The van der Waals surface area contributed by atoms with Gasteiger partial charge in [-0.3, -0.25) is 14.6 Å². The van der Waals surface area contributed by atoms with Crippen molar-refractivity contribution < 1.29 is 22.8 Å². The second-order valence-corrected chi connectivity index (χ2v) is 7.24. The molecule has 3 aliphatic rings. The number of halogens is 3. The lowest BCUT2D eigenvalue weighted by Crippen LogP contribution is -2.63. The number of carbonyl (C=O) groups excluding carboxylic acids is 2. The van der Waals surface area contributed by atoms with Gasteiger partial charge in [-0.15, -0.1) is 0 Å². The van der Waals surface area contributed by atoms with Crippen molar-refractivity contribution in [3.8, 4) is 0 Å². The zero-order valence-corrected chi connectivity index (χ0v) is 14.4. The summed E-state index contributed by atoms with van der Waals surface area (Å²) < 4.78 is 43.5. The van der Waals surface area contributed by atoms with Crippen LogP contribution in [-0.4, -0.2) is 23.5 Å². The van der Waals surface area contributed by atoms with Gasteiger partial charge >= 0.3 is 6.18 Å². The molecule has 0 aromatic heterocycles. The minimum absolute atomic E-state index is 0.230. The zero-order chi connectivity index (χ0) is 19.8. The monoisotopic (exact) mass is 388 g/mol. The highest BCUT2D eigenvalue weighted by molar-refractivity contribution is 6.25. The van der Waals surface area contributed by atoms with Crippen molar-refractivity contribution in [1.29, 1.82) is 0 Å². The highest BCUT2D eigenvalue weighted by atomic mass is 19.4. The summed E-state index contributed by atoms with van der Waals surface area (Å²) in [4.78, 5) is 24.1. The Hall–Kier alpha value is -3.23. The number of benzene rings is 2. The first-order valence-corrected chi connectivity index (χ1v) is 8.77. The van der Waals surface area contributed by atoms with Crippen molar-refractivity contribution in [2.24, 2.45) is 11.7 Å². The maximum atomic E-state index is 14.5. The molecular formula is C19H15F3N4O2. The lowest BCUT2D eigenvalue weighted by molar-refractivity contribution is -0.182. The number of hydrogen-bond acceptors (Lipinski definition) is 4. The predicted molar refractivity (Wildman–Crippen MR) is 96.3 cm³/mol. The third-order valence-electron chi connectivity index (χ3n) is 5.72. The number of nitrogens with one attached hydrogen (secondary N) is 2. The van der Waals surface area contributed by atoms with Crippen LogP contribution in [0.4, 0.5) is 24.5 Å². The molecule has 9 heteroatoms. The number of amides is 2. The Balaban J connectivity index is 1.78. The Morgan fingerprint density at radius 3 is 2.61 bits per heavy atom. The maximum absolute atomic E-state index is 14.5. The van der Waals surface area contributed by atoms with E-state index in [2.05, 4.69) is 10.7 Å². The molecule has 0 saturated heterocycles. The minimum atomic E-state index is -4.74. The minimum Gasteiger partial charge on any atom is -0.366 e. The van der Waals surface area contributed by atoms with Gasteiger partial charge in [-0.05, 0) is 37.0 Å². The topological polar surface area (TPSA) is 87.5 Å². The van der Waals surface area contributed by atoms with Crippen molar-refractivity contribution in [3.63, 3.8) is 0 Å². The largest absolute Gasteiger partial charge is 0.418 e. The van der Waals surface area contributed by atoms with Crippen LogP contribution < -0.4 is 21.5 Å². The van der Waals surface area contributed by atoms with E-state index in [1.807, 2.05) is 0 Å². The molecule has 2 aromatic carbocycles. The Kier molecular flexibility index (Phi) is 3.13. The van der Waals surface area contributed by atoms with Gasteiger partial charge in [0.25, 0.3) is 5.91 Å². The van der Waals surface area contributed by atoms with Crippen LogP contribution in [0.15, 0.2) is 42.1 Å². The van der Waals surface area contributed by atoms with Crippen molar-refractivity contribution in [1.82, 2.24) is 5.43 Å². The fraction of sp³-hybridized carbons (Fsp3) is 0.263. The standard InChI is InChI=1S/C19H15F3N4O2/c20-19(21,22)18(9-4-5-9)12(16(23)27)8-24-26(18)14-7-6-13-15-10(14)2-1-3-11(15)17(28)25-13/h1-3,6-9,24H,4-5H2,(H2,23,27)(H,25,28). The van der Waals surface area contributed by atoms with Crippen molar-refractivity contribution in [2.45, 2.75) is 24.6 Å². The van der Waals surface area contributed by atoms with Gasteiger partial charge in [0.05, 0.1) is 11.3 Å². The van der Waals surface area contributed by atoms with Gasteiger partial charge in [0, 0.05) is 28.2 Å². The average Bonchev–Trinajstić information content (AvgIpc) is 3.31. The van der Waals surface area contributed by atoms with Gasteiger partial charge in [-0.25, -0.2) is 0 Å². The summed E-state index contributed by atoms with van der Waals surface area (Å²) in [5.74, 6) is -2.20. The van der Waals surface area contributed by atoms with Gasteiger partial charge in [0.2, 0.25) is 5.91 Å². The second-order valence-electron chi connectivity index (χ2n) is 7.24. The van der Waals surface area contributed by atoms with E-state index in [0.29, 0.717) is 34.9 Å². The molecular weight excluding hydrogens is 373 g/mol. The summed E-state index contributed by atoms with van der Waals surface area (Å²) in [7, 11) is 0. The fourth-order valence-corrected chi connectivity index (χ4v) is 4.46. The smallest absolute Gasteiger partial charge is 0.366 e. The van der Waals surface area contributed by atoms with Crippen LogP contribution in [-0.2, 0) is 4.79 Å². The normalized spacial score (nSPS) is 23.6. The molecule has 2 aromatic rings. The van der Waals surface area contributed by atoms with E-state index >= 15 is 0 Å². The number of hydrogen-bond donors (Lipinski definition) is 3. The van der Waals surface area contributed by atoms with Crippen LogP contribution in [0.25, 0.3) is 10.8 Å². The van der Waals surface area contributed by atoms with Crippen LogP contribution in [0.2, 0.25) is 0 Å². The molecule has 2 heterocycles. The first kappa shape index (κ1) is 16.9. The Bertz CT molecular complexity index is 1090. The molecule has 6 nitrogen and oxygen atoms in total. The number of nitrogens with zero attached hydrogens (tertiary/aromatic N) is 1. The van der Waals surface area contributed by atoms with Crippen molar-refractivity contribution in [3.05, 3.63) is 47.7 Å². The molecule has 2 aliphatic heterocycles. The predicted octanol–water partition coefficient (Wildman–Crippen LogP) is 2.81. The van der Waals surface area contributed by atoms with Gasteiger partial charge < -0.3 is 16.5 Å². The molecule has 4 N–H and O–H groups in total. The number of anilines is 2. The second kappa shape index (κ2) is 5.18. The first-order valence-electron chi connectivity index (χ1n) is 8.77. The summed E-state index contributed by atoms with van der Waals surface area (Å²) in [6, 6.07) is 8.00. The summed E-state index contributed by atoms with van der Waals surface area (Å²) in [6.45, 7) is 0. The van der Waals surface area contributed by atoms with Crippen LogP contribution in [0.3, 0.4) is 0 Å². The third-order valence-corrected chi connectivity index (χ3v) is 5.72. The summed E-state index contributed by atoms with van der Waals surface area (Å²) in [5, 5.41) is 4.75. The molecule has 5 rings (SSSR count). The van der Waals surface area contributed by atoms with Crippen LogP contribution in [0.1, 0.15) is 23.2 Å². The Labute approximate surface area is 157 Å². The lowest BCUT2D eigenvalue weighted by atomic mass is 9.83. The fourth-order valence-electron chi connectivity index (χ4n) is 4.46. The van der Waals surface area contributed by atoms with Gasteiger partial charge in [-0.2, -0.15) is 13.2 Å². The summed E-state index contributed by atoms with van der Waals surface area (Å²) >= 11 is 0.